The minimum Gasteiger partial charge on any atom is -0.390 e. The van der Waals surface area contributed by atoms with Crippen molar-refractivity contribution in [3.63, 3.8) is 0 Å². The van der Waals surface area contributed by atoms with E-state index in [2.05, 4.69) is 18.1 Å². The van der Waals surface area contributed by atoms with E-state index in [1.165, 1.54) is 9.42 Å². The molecule has 0 atom stereocenters. The molecule has 10 nitrogen and oxygen atoms in total. The van der Waals surface area contributed by atoms with Crippen molar-refractivity contribution in [2.24, 2.45) is 5.92 Å². The highest BCUT2D eigenvalue weighted by atomic mass is 35.5. The summed E-state index contributed by atoms with van der Waals surface area (Å²) in [6.45, 7) is 11.8. The van der Waals surface area contributed by atoms with Gasteiger partial charge in [-0.15, -0.1) is 0 Å². The van der Waals surface area contributed by atoms with E-state index in [9.17, 15) is 14.9 Å². The van der Waals surface area contributed by atoms with E-state index in [1.54, 1.807) is 18.2 Å². The van der Waals surface area contributed by atoms with E-state index in [0.29, 0.717) is 53.7 Å². The van der Waals surface area contributed by atoms with Crippen LogP contribution < -0.4 is 4.74 Å². The highest BCUT2D eigenvalue weighted by molar-refractivity contribution is 6.35. The molecule has 0 radical (unpaired) electrons. The molecule has 3 aromatic rings. The van der Waals surface area contributed by atoms with Crippen LogP contribution in [0.15, 0.2) is 18.2 Å². The van der Waals surface area contributed by atoms with Crippen LogP contribution in [0, 0.1) is 17.2 Å². The second-order valence-corrected chi connectivity index (χ2v) is 12.7. The largest absolute Gasteiger partial charge is 0.416 e. The standard InChI is InChI=1S/C28H32Cl2N6O4/c1-16-13-27(2,3)36(28(4,5)14-16)24(37)21-20(15-31)25(40-26(38)34-6-8-39-9-7-34)35-23(21)32-22(33-35)17-10-18(29)12-19(30)11-17/h10-12,16H,6-9,13-14H2,1-5H3,(H,32,33). The Morgan fingerprint density at radius 2 is 1.70 bits per heavy atom. The summed E-state index contributed by atoms with van der Waals surface area (Å²) in [5.41, 5.74) is -0.254. The Balaban J connectivity index is 1.69. The van der Waals surface area contributed by atoms with E-state index in [0.717, 1.165) is 12.8 Å². The van der Waals surface area contributed by atoms with Crippen LogP contribution in [-0.2, 0) is 4.74 Å². The predicted octanol–water partition coefficient (Wildman–Crippen LogP) is 5.77. The number of hydrogen-bond acceptors (Lipinski definition) is 6. The van der Waals surface area contributed by atoms with Gasteiger partial charge in [0.2, 0.25) is 5.88 Å². The molecule has 0 bridgehead atoms. The zero-order valence-corrected chi connectivity index (χ0v) is 24.7. The van der Waals surface area contributed by atoms with Crippen molar-refractivity contribution < 1.29 is 19.1 Å². The number of aromatic amines is 1. The number of benzene rings is 1. The molecule has 1 aromatic carbocycles. The molecule has 2 aromatic heterocycles. The average Bonchev–Trinajstić information content (AvgIpc) is 3.39. The second kappa shape index (κ2) is 10.3. The summed E-state index contributed by atoms with van der Waals surface area (Å²) in [6, 6.07) is 7.07. The highest BCUT2D eigenvalue weighted by Crippen LogP contribution is 2.44. The molecule has 0 spiro atoms. The van der Waals surface area contributed by atoms with Crippen LogP contribution in [-0.4, -0.2) is 73.8 Å². The lowest BCUT2D eigenvalue weighted by molar-refractivity contribution is -0.0275. The van der Waals surface area contributed by atoms with Gasteiger partial charge in [0.25, 0.3) is 5.91 Å². The van der Waals surface area contributed by atoms with E-state index >= 15 is 0 Å². The number of carbonyl (C=O) groups excluding carboxylic acids is 2. The van der Waals surface area contributed by atoms with Crippen molar-refractivity contribution in [2.75, 3.05) is 26.3 Å². The van der Waals surface area contributed by atoms with Gasteiger partial charge in [0.15, 0.2) is 11.5 Å². The molecule has 2 saturated heterocycles. The third kappa shape index (κ3) is 5.02. The SMILES string of the molecule is CC1CC(C)(C)N(C(=O)c2c(C#N)c(OC(=O)N3CCOCC3)n3[nH]c(-c4cc(Cl)cc(Cl)c4)nc23)C(C)(C)C1. The van der Waals surface area contributed by atoms with Gasteiger partial charge in [0.05, 0.1) is 13.2 Å². The number of likely N-dealkylation sites (tertiary alicyclic amines) is 1. The van der Waals surface area contributed by atoms with Crippen molar-refractivity contribution in [2.45, 2.75) is 58.5 Å². The quantitative estimate of drug-likeness (QED) is 0.416. The highest BCUT2D eigenvalue weighted by Gasteiger charge is 2.48. The molecule has 5 rings (SSSR count). The number of halogens is 2. The first kappa shape index (κ1) is 28.3. The summed E-state index contributed by atoms with van der Waals surface area (Å²) in [4.78, 5) is 35.7. The van der Waals surface area contributed by atoms with Crippen LogP contribution in [0.3, 0.4) is 0 Å². The lowest BCUT2D eigenvalue weighted by Crippen LogP contribution is -2.62. The number of nitrogens with zero attached hydrogens (tertiary/aromatic N) is 5. The molecule has 0 saturated carbocycles. The van der Waals surface area contributed by atoms with E-state index in [-0.39, 0.29) is 28.6 Å². The topological polar surface area (TPSA) is 116 Å². The first-order chi connectivity index (χ1) is 18.8. The van der Waals surface area contributed by atoms with Gasteiger partial charge in [-0.05, 0) is 64.7 Å². The fraction of sp³-hybridized carbons (Fsp3) is 0.500. The fourth-order valence-corrected chi connectivity index (χ4v) is 7.07. The monoisotopic (exact) mass is 586 g/mol. The zero-order chi connectivity index (χ0) is 29.0. The summed E-state index contributed by atoms with van der Waals surface area (Å²) in [6.07, 6.45) is 0.951. The zero-order valence-electron chi connectivity index (χ0n) is 23.2. The second-order valence-electron chi connectivity index (χ2n) is 11.8. The van der Waals surface area contributed by atoms with E-state index in [4.69, 9.17) is 37.7 Å². The lowest BCUT2D eigenvalue weighted by atomic mass is 9.74. The molecule has 0 aliphatic carbocycles. The van der Waals surface area contributed by atoms with Crippen molar-refractivity contribution >= 4 is 40.8 Å². The number of morpholine rings is 1. The molecule has 40 heavy (non-hydrogen) atoms. The Hall–Kier alpha value is -3.26. The number of nitrogens with one attached hydrogen (secondary N) is 1. The number of rotatable bonds is 3. The van der Waals surface area contributed by atoms with Gasteiger partial charge in [-0.25, -0.2) is 14.3 Å². The Kier molecular flexibility index (Phi) is 7.27. The summed E-state index contributed by atoms with van der Waals surface area (Å²) < 4.78 is 12.5. The van der Waals surface area contributed by atoms with E-state index in [1.807, 2.05) is 32.6 Å². The summed E-state index contributed by atoms with van der Waals surface area (Å²) >= 11 is 12.5. The lowest BCUT2D eigenvalue weighted by Gasteiger charge is -2.54. The van der Waals surface area contributed by atoms with Crippen molar-refractivity contribution in [1.82, 2.24) is 24.4 Å². The van der Waals surface area contributed by atoms with Crippen LogP contribution in [0.1, 0.15) is 63.4 Å². The van der Waals surface area contributed by atoms with Crippen LogP contribution in [0.2, 0.25) is 10.0 Å². The summed E-state index contributed by atoms with van der Waals surface area (Å²) in [5.74, 6) is 0.289. The Morgan fingerprint density at radius 3 is 2.27 bits per heavy atom. The fourth-order valence-electron chi connectivity index (χ4n) is 6.54. The normalized spacial score (nSPS) is 19.1. The van der Waals surface area contributed by atoms with E-state index < -0.39 is 17.2 Å². The maximum absolute atomic E-state index is 14.5. The Labute approximate surface area is 242 Å². The molecule has 1 N–H and O–H groups in total. The van der Waals surface area contributed by atoms with Gasteiger partial charge < -0.3 is 19.3 Å². The van der Waals surface area contributed by atoms with Gasteiger partial charge >= 0.3 is 6.09 Å². The maximum atomic E-state index is 14.5. The van der Waals surface area contributed by atoms with Crippen LogP contribution in [0.25, 0.3) is 17.0 Å². The molecule has 12 heteroatoms. The Morgan fingerprint density at radius 1 is 1.10 bits per heavy atom. The minimum atomic E-state index is -0.646. The predicted molar refractivity (Wildman–Crippen MR) is 151 cm³/mol. The number of amides is 2. The van der Waals surface area contributed by atoms with Crippen LogP contribution in [0.5, 0.6) is 5.88 Å². The number of fused-ring (bicyclic) bond motifs is 1. The molecule has 2 aliphatic heterocycles. The third-order valence-electron chi connectivity index (χ3n) is 7.56. The number of H-pyrrole nitrogens is 1. The third-order valence-corrected chi connectivity index (χ3v) is 8.00. The minimum absolute atomic E-state index is 0.0637. The number of carbonyl (C=O) groups is 2. The number of ether oxygens (including phenoxy) is 2. The van der Waals surface area contributed by atoms with Crippen LogP contribution >= 0.6 is 23.2 Å². The van der Waals surface area contributed by atoms with Crippen LogP contribution in [0.4, 0.5) is 4.79 Å². The first-order valence-electron chi connectivity index (χ1n) is 13.2. The number of piperidine rings is 1. The van der Waals surface area contributed by atoms with Gasteiger partial charge in [-0.1, -0.05) is 30.1 Å². The summed E-state index contributed by atoms with van der Waals surface area (Å²) in [7, 11) is 0. The first-order valence-corrected chi connectivity index (χ1v) is 14.0. The molecule has 2 amide bonds. The molecule has 0 unspecified atom stereocenters. The molecule has 2 fully saturated rings. The number of hydrogen-bond donors (Lipinski definition) is 1. The maximum Gasteiger partial charge on any atom is 0.416 e. The van der Waals surface area contributed by atoms with Gasteiger partial charge in [0.1, 0.15) is 17.2 Å². The van der Waals surface area contributed by atoms with Gasteiger partial charge in [0, 0.05) is 39.8 Å². The summed E-state index contributed by atoms with van der Waals surface area (Å²) in [5, 5.41) is 14.2. The van der Waals surface area contributed by atoms with Crippen molar-refractivity contribution in [3.8, 4) is 23.3 Å². The molecular formula is C28H32Cl2N6O4. The van der Waals surface area contributed by atoms with Crippen molar-refractivity contribution in [1.29, 1.82) is 5.26 Å². The molecule has 4 heterocycles. The van der Waals surface area contributed by atoms with Gasteiger partial charge in [-0.2, -0.15) is 5.26 Å². The molecule has 2 aliphatic rings. The number of aromatic nitrogens is 3. The average molecular weight is 588 g/mol. The van der Waals surface area contributed by atoms with Crippen molar-refractivity contribution in [3.05, 3.63) is 39.4 Å². The Bertz CT molecular complexity index is 1490. The molecule has 212 valence electrons. The number of nitriles is 1. The molecular weight excluding hydrogens is 555 g/mol. The van der Waals surface area contributed by atoms with Gasteiger partial charge in [-0.3, -0.25) is 9.89 Å². The smallest absolute Gasteiger partial charge is 0.390 e.